The maximum absolute atomic E-state index is 10.9. The van der Waals surface area contributed by atoms with Gasteiger partial charge in [-0.2, -0.15) is 5.10 Å². The molecule has 1 aromatic carbocycles. The molecule has 1 N–H and O–H groups in total. The molecule has 2 heterocycles. The van der Waals surface area contributed by atoms with Crippen LogP contribution in [-0.2, 0) is 0 Å². The number of carboxylic acid groups (broad SMARTS) is 1. The van der Waals surface area contributed by atoms with Gasteiger partial charge in [-0.1, -0.05) is 0 Å². The molecule has 9 nitrogen and oxygen atoms in total. The second kappa shape index (κ2) is 4.63. The number of benzene rings is 1. The number of hydrogen-bond donors (Lipinski definition) is 1. The average Bonchev–Trinajstić information content (AvgIpc) is 2.95. The Morgan fingerprint density at radius 1 is 1.33 bits per heavy atom. The van der Waals surface area contributed by atoms with Crippen LogP contribution < -0.4 is 0 Å². The highest BCUT2D eigenvalue weighted by molar-refractivity contribution is 5.94. The Morgan fingerprint density at radius 2 is 2.14 bits per heavy atom. The molecule has 0 aliphatic heterocycles. The number of aromatic carboxylic acids is 1. The number of carboxylic acids is 1. The van der Waals surface area contributed by atoms with E-state index in [9.17, 15) is 14.9 Å². The maximum Gasteiger partial charge on any atom is 0.335 e. The van der Waals surface area contributed by atoms with Crippen LogP contribution >= 0.6 is 0 Å². The van der Waals surface area contributed by atoms with Crippen molar-refractivity contribution in [2.24, 2.45) is 0 Å². The molecule has 3 rings (SSSR count). The van der Waals surface area contributed by atoms with E-state index in [0.717, 1.165) is 6.20 Å². The predicted molar refractivity (Wildman–Crippen MR) is 70.3 cm³/mol. The van der Waals surface area contributed by atoms with Crippen LogP contribution in [0.4, 0.5) is 5.69 Å². The molecule has 21 heavy (non-hydrogen) atoms. The standard InChI is InChI=1S/C12H7N5O4/c18-12(19)7-1-2-9-10(3-7)13-6-14-11(9)16-5-8(4-15-16)17(20)21/h1-6H,(H,18,19). The van der Waals surface area contributed by atoms with Gasteiger partial charge in [0.25, 0.3) is 0 Å². The lowest BCUT2D eigenvalue weighted by Gasteiger charge is -2.04. The fraction of sp³-hybridized carbons (Fsp3) is 0. The Hall–Kier alpha value is -3.36. The zero-order valence-corrected chi connectivity index (χ0v) is 10.4. The van der Waals surface area contributed by atoms with Crippen molar-refractivity contribution < 1.29 is 14.8 Å². The summed E-state index contributed by atoms with van der Waals surface area (Å²) < 4.78 is 1.25. The lowest BCUT2D eigenvalue weighted by Crippen LogP contribution is -2.02. The van der Waals surface area contributed by atoms with E-state index in [1.807, 2.05) is 0 Å². The summed E-state index contributed by atoms with van der Waals surface area (Å²) >= 11 is 0. The molecule has 0 saturated heterocycles. The monoisotopic (exact) mass is 285 g/mol. The SMILES string of the molecule is O=C(O)c1ccc2c(-n3cc([N+](=O)[O-])cn3)ncnc2c1. The first kappa shape index (κ1) is 12.7. The molecule has 104 valence electrons. The van der Waals surface area contributed by atoms with Crippen molar-refractivity contribution in [2.75, 3.05) is 0 Å². The third-order valence-electron chi connectivity index (χ3n) is 2.86. The summed E-state index contributed by atoms with van der Waals surface area (Å²) in [6.45, 7) is 0. The number of nitrogens with zero attached hydrogens (tertiary/aromatic N) is 5. The lowest BCUT2D eigenvalue weighted by atomic mass is 10.1. The fourth-order valence-electron chi connectivity index (χ4n) is 1.88. The Balaban J connectivity index is 2.18. The molecule has 0 aliphatic carbocycles. The van der Waals surface area contributed by atoms with Crippen molar-refractivity contribution in [3.63, 3.8) is 0 Å². The van der Waals surface area contributed by atoms with E-state index >= 15 is 0 Å². The lowest BCUT2D eigenvalue weighted by molar-refractivity contribution is -0.384. The Kier molecular flexibility index (Phi) is 2.79. The molecule has 0 saturated carbocycles. The van der Waals surface area contributed by atoms with Gasteiger partial charge in [0.05, 0.1) is 16.0 Å². The van der Waals surface area contributed by atoms with Crippen LogP contribution in [0.2, 0.25) is 0 Å². The minimum Gasteiger partial charge on any atom is -0.478 e. The molecular weight excluding hydrogens is 278 g/mol. The first-order chi connectivity index (χ1) is 10.1. The molecule has 0 spiro atoms. The maximum atomic E-state index is 10.9. The second-order valence-corrected chi connectivity index (χ2v) is 4.13. The van der Waals surface area contributed by atoms with E-state index < -0.39 is 10.9 Å². The molecule has 0 bridgehead atoms. The number of hydrogen-bond acceptors (Lipinski definition) is 6. The quantitative estimate of drug-likeness (QED) is 0.570. The molecule has 0 amide bonds. The van der Waals surface area contributed by atoms with E-state index in [4.69, 9.17) is 5.11 Å². The zero-order valence-electron chi connectivity index (χ0n) is 10.4. The molecule has 9 heteroatoms. The normalized spacial score (nSPS) is 10.7. The van der Waals surface area contributed by atoms with Gasteiger partial charge in [-0.05, 0) is 18.2 Å². The number of fused-ring (bicyclic) bond motifs is 1. The van der Waals surface area contributed by atoms with Crippen molar-refractivity contribution >= 4 is 22.6 Å². The van der Waals surface area contributed by atoms with Crippen molar-refractivity contribution in [1.82, 2.24) is 19.7 Å². The van der Waals surface area contributed by atoms with Gasteiger partial charge in [0.1, 0.15) is 18.7 Å². The van der Waals surface area contributed by atoms with Gasteiger partial charge >= 0.3 is 11.7 Å². The van der Waals surface area contributed by atoms with Gasteiger partial charge in [0, 0.05) is 5.39 Å². The first-order valence-electron chi connectivity index (χ1n) is 5.74. The molecule has 0 radical (unpaired) electrons. The molecule has 0 atom stereocenters. The van der Waals surface area contributed by atoms with Crippen LogP contribution in [-0.4, -0.2) is 35.7 Å². The van der Waals surface area contributed by atoms with Crippen molar-refractivity contribution in [3.05, 3.63) is 52.6 Å². The summed E-state index contributed by atoms with van der Waals surface area (Å²) in [5.41, 5.74) is 0.348. The van der Waals surface area contributed by atoms with Gasteiger partial charge < -0.3 is 5.11 Å². The minimum absolute atomic E-state index is 0.0959. The number of rotatable bonds is 3. The highest BCUT2D eigenvalue weighted by Gasteiger charge is 2.14. The van der Waals surface area contributed by atoms with Crippen LogP contribution in [0.15, 0.2) is 36.9 Å². The van der Waals surface area contributed by atoms with Crippen LogP contribution in [0.3, 0.4) is 0 Å². The smallest absolute Gasteiger partial charge is 0.335 e. The Morgan fingerprint density at radius 3 is 2.81 bits per heavy atom. The summed E-state index contributed by atoms with van der Waals surface area (Å²) in [4.78, 5) is 29.1. The number of nitro groups is 1. The van der Waals surface area contributed by atoms with Gasteiger partial charge in [0.2, 0.25) is 0 Å². The van der Waals surface area contributed by atoms with Crippen molar-refractivity contribution in [1.29, 1.82) is 0 Å². The van der Waals surface area contributed by atoms with E-state index in [1.54, 1.807) is 6.07 Å². The average molecular weight is 285 g/mol. The van der Waals surface area contributed by atoms with E-state index in [1.165, 1.54) is 29.3 Å². The van der Waals surface area contributed by atoms with Gasteiger partial charge in [-0.25, -0.2) is 19.4 Å². The van der Waals surface area contributed by atoms with E-state index in [0.29, 0.717) is 16.7 Å². The number of aromatic nitrogens is 4. The molecule has 0 fully saturated rings. The van der Waals surface area contributed by atoms with Gasteiger partial charge in [0.15, 0.2) is 5.82 Å². The molecule has 0 aliphatic rings. The van der Waals surface area contributed by atoms with Crippen LogP contribution in [0.1, 0.15) is 10.4 Å². The zero-order chi connectivity index (χ0) is 15.0. The van der Waals surface area contributed by atoms with E-state index in [2.05, 4.69) is 15.1 Å². The topological polar surface area (TPSA) is 124 Å². The summed E-state index contributed by atoms with van der Waals surface area (Å²) in [6, 6.07) is 4.36. The molecule has 2 aromatic heterocycles. The Bertz CT molecular complexity index is 873. The summed E-state index contributed by atoms with van der Waals surface area (Å²) in [5, 5.41) is 24.1. The highest BCUT2D eigenvalue weighted by atomic mass is 16.6. The predicted octanol–water partition coefficient (Wildman–Crippen LogP) is 1.42. The first-order valence-corrected chi connectivity index (χ1v) is 5.74. The second-order valence-electron chi connectivity index (χ2n) is 4.13. The molecule has 0 unspecified atom stereocenters. The van der Waals surface area contributed by atoms with Gasteiger partial charge in [-0.3, -0.25) is 10.1 Å². The highest BCUT2D eigenvalue weighted by Crippen LogP contribution is 2.21. The van der Waals surface area contributed by atoms with Crippen molar-refractivity contribution in [2.45, 2.75) is 0 Å². The number of carbonyl (C=O) groups is 1. The summed E-state index contributed by atoms with van der Waals surface area (Å²) in [6.07, 6.45) is 3.59. The van der Waals surface area contributed by atoms with Crippen molar-refractivity contribution in [3.8, 4) is 5.82 Å². The third-order valence-corrected chi connectivity index (χ3v) is 2.86. The Labute approximate surface area is 116 Å². The largest absolute Gasteiger partial charge is 0.478 e. The van der Waals surface area contributed by atoms with Crippen LogP contribution in [0.5, 0.6) is 0 Å². The van der Waals surface area contributed by atoms with Crippen LogP contribution in [0.25, 0.3) is 16.7 Å². The van der Waals surface area contributed by atoms with Crippen LogP contribution in [0, 0.1) is 10.1 Å². The molecule has 3 aromatic rings. The van der Waals surface area contributed by atoms with E-state index in [-0.39, 0.29) is 11.3 Å². The summed E-state index contributed by atoms with van der Waals surface area (Å²) in [5.74, 6) is -0.725. The molecular formula is C12H7N5O4. The fourth-order valence-corrected chi connectivity index (χ4v) is 1.88. The summed E-state index contributed by atoms with van der Waals surface area (Å²) in [7, 11) is 0. The van der Waals surface area contributed by atoms with Gasteiger partial charge in [-0.15, -0.1) is 0 Å². The minimum atomic E-state index is -1.06. The third kappa shape index (κ3) is 2.16.